The maximum Gasteiger partial charge on any atom is 0.243 e. The first-order valence-corrected chi connectivity index (χ1v) is 5.94. The Hall–Kier alpha value is -2.08. The number of aromatic nitrogens is 5. The van der Waals surface area contributed by atoms with Crippen molar-refractivity contribution in [3.8, 4) is 0 Å². The smallest absolute Gasteiger partial charge is 0.243 e. The summed E-state index contributed by atoms with van der Waals surface area (Å²) in [5, 5.41) is 7.40. The topological polar surface area (TPSA) is 60.0 Å². The van der Waals surface area contributed by atoms with Gasteiger partial charge in [0.1, 0.15) is 11.3 Å². The van der Waals surface area contributed by atoms with Gasteiger partial charge in [-0.1, -0.05) is 0 Å². The van der Waals surface area contributed by atoms with Gasteiger partial charge < -0.3 is 9.88 Å². The van der Waals surface area contributed by atoms with Crippen molar-refractivity contribution in [2.75, 3.05) is 5.32 Å². The van der Waals surface area contributed by atoms with Crippen LogP contribution in [0.25, 0.3) is 5.52 Å². The molecule has 0 aliphatic heterocycles. The monoisotopic (exact) mass is 262 g/mol. The maximum atomic E-state index is 5.87. The van der Waals surface area contributed by atoms with Gasteiger partial charge >= 0.3 is 0 Å². The fourth-order valence-electron chi connectivity index (χ4n) is 1.72. The Morgan fingerprint density at radius 1 is 1.44 bits per heavy atom. The van der Waals surface area contributed by atoms with Gasteiger partial charge in [0.25, 0.3) is 0 Å². The second-order valence-electron chi connectivity index (χ2n) is 3.78. The second-order valence-corrected chi connectivity index (χ2v) is 4.12. The van der Waals surface area contributed by atoms with Crippen LogP contribution in [0.15, 0.2) is 30.9 Å². The lowest BCUT2D eigenvalue weighted by Gasteiger charge is -2.04. The van der Waals surface area contributed by atoms with Crippen molar-refractivity contribution in [3.05, 3.63) is 36.1 Å². The zero-order valence-corrected chi connectivity index (χ0v) is 10.5. The number of hydrogen-bond donors (Lipinski definition) is 1. The maximum absolute atomic E-state index is 5.87. The molecule has 0 saturated carbocycles. The summed E-state index contributed by atoms with van der Waals surface area (Å²) in [6.07, 6.45) is 5.49. The minimum atomic E-state index is 0.191. The third-order valence-corrected chi connectivity index (χ3v) is 2.77. The van der Waals surface area contributed by atoms with Gasteiger partial charge in [-0.3, -0.25) is 0 Å². The quantitative estimate of drug-likeness (QED) is 0.787. The second kappa shape index (κ2) is 4.30. The molecule has 3 heterocycles. The molecule has 0 atom stereocenters. The van der Waals surface area contributed by atoms with E-state index in [1.807, 2.05) is 29.1 Å². The number of nitrogens with one attached hydrogen (secondary N) is 1. The van der Waals surface area contributed by atoms with Crippen LogP contribution < -0.4 is 5.32 Å². The van der Waals surface area contributed by atoms with Crippen molar-refractivity contribution in [2.45, 2.75) is 13.5 Å². The Bertz CT molecular complexity index is 686. The molecule has 0 unspecified atom stereocenters. The van der Waals surface area contributed by atoms with Crippen LogP contribution in [0.2, 0.25) is 5.28 Å². The molecule has 6 nitrogen and oxygen atoms in total. The lowest BCUT2D eigenvalue weighted by Crippen LogP contribution is -2.01. The Morgan fingerprint density at radius 3 is 3.11 bits per heavy atom. The Labute approximate surface area is 108 Å². The van der Waals surface area contributed by atoms with Crippen LogP contribution in [-0.4, -0.2) is 24.1 Å². The number of rotatable bonds is 3. The number of anilines is 2. The van der Waals surface area contributed by atoms with Crippen LogP contribution in [-0.2, 0) is 6.54 Å². The van der Waals surface area contributed by atoms with Crippen LogP contribution in [0.4, 0.5) is 11.6 Å². The first-order chi connectivity index (χ1) is 8.76. The fourth-order valence-corrected chi connectivity index (χ4v) is 1.88. The summed E-state index contributed by atoms with van der Waals surface area (Å²) in [7, 11) is 0. The van der Waals surface area contributed by atoms with Crippen molar-refractivity contribution >= 4 is 28.8 Å². The van der Waals surface area contributed by atoms with E-state index in [4.69, 9.17) is 11.6 Å². The summed E-state index contributed by atoms with van der Waals surface area (Å²) < 4.78 is 3.65. The van der Waals surface area contributed by atoms with E-state index in [2.05, 4.69) is 27.3 Å². The summed E-state index contributed by atoms with van der Waals surface area (Å²) >= 11 is 5.87. The van der Waals surface area contributed by atoms with E-state index in [0.717, 1.165) is 17.9 Å². The molecule has 3 aromatic heterocycles. The number of imidazole rings is 1. The normalized spacial score (nSPS) is 11.0. The lowest BCUT2D eigenvalue weighted by molar-refractivity contribution is 0.762. The van der Waals surface area contributed by atoms with E-state index in [-0.39, 0.29) is 5.28 Å². The van der Waals surface area contributed by atoms with Gasteiger partial charge in [-0.15, -0.1) is 5.10 Å². The minimum Gasteiger partial charge on any atom is -0.336 e. The molecule has 0 bridgehead atoms. The molecule has 3 rings (SSSR count). The van der Waals surface area contributed by atoms with Gasteiger partial charge in [-0.2, -0.15) is 4.98 Å². The fraction of sp³-hybridized carbons (Fsp3) is 0.182. The van der Waals surface area contributed by atoms with Crippen LogP contribution in [0.1, 0.15) is 6.92 Å². The molecule has 1 N–H and O–H groups in total. The highest BCUT2D eigenvalue weighted by Gasteiger charge is 2.07. The summed E-state index contributed by atoms with van der Waals surface area (Å²) in [6, 6.07) is 3.80. The predicted octanol–water partition coefficient (Wildman–Crippen LogP) is 2.34. The molecular formula is C11H11ClN6. The minimum absolute atomic E-state index is 0.191. The van der Waals surface area contributed by atoms with E-state index in [1.165, 1.54) is 0 Å². The van der Waals surface area contributed by atoms with Crippen molar-refractivity contribution in [1.82, 2.24) is 24.1 Å². The molecular weight excluding hydrogens is 252 g/mol. The first kappa shape index (κ1) is 11.0. The Balaban J connectivity index is 2.00. The molecule has 0 spiro atoms. The zero-order chi connectivity index (χ0) is 12.5. The number of halogens is 1. The molecule has 0 amide bonds. The summed E-state index contributed by atoms with van der Waals surface area (Å²) in [5.74, 6) is 1.37. The van der Waals surface area contributed by atoms with Gasteiger partial charge in [0.05, 0.1) is 6.33 Å². The number of fused-ring (bicyclic) bond motifs is 1. The summed E-state index contributed by atoms with van der Waals surface area (Å²) in [5.41, 5.74) is 0.852. The summed E-state index contributed by atoms with van der Waals surface area (Å²) in [6.45, 7) is 2.93. The van der Waals surface area contributed by atoms with Gasteiger partial charge in [-0.05, 0) is 30.7 Å². The van der Waals surface area contributed by atoms with Crippen LogP contribution in [0.3, 0.4) is 0 Å². The van der Waals surface area contributed by atoms with E-state index >= 15 is 0 Å². The molecule has 0 aliphatic carbocycles. The third-order valence-electron chi connectivity index (χ3n) is 2.61. The van der Waals surface area contributed by atoms with Gasteiger partial charge in [-0.25, -0.2) is 9.50 Å². The molecule has 0 aromatic carbocycles. The predicted molar refractivity (Wildman–Crippen MR) is 69.2 cm³/mol. The molecule has 0 aliphatic rings. The van der Waals surface area contributed by atoms with E-state index < -0.39 is 0 Å². The van der Waals surface area contributed by atoms with Crippen molar-refractivity contribution in [3.63, 3.8) is 0 Å². The molecule has 92 valence electrons. The number of nitrogens with zero attached hydrogens (tertiary/aromatic N) is 5. The van der Waals surface area contributed by atoms with Crippen LogP contribution in [0.5, 0.6) is 0 Å². The molecule has 3 aromatic rings. The van der Waals surface area contributed by atoms with Gasteiger partial charge in [0.15, 0.2) is 5.82 Å². The molecule has 0 radical (unpaired) electrons. The Morgan fingerprint density at radius 2 is 2.33 bits per heavy atom. The van der Waals surface area contributed by atoms with Gasteiger partial charge in [0.2, 0.25) is 5.28 Å². The lowest BCUT2D eigenvalue weighted by atomic mass is 10.5. The van der Waals surface area contributed by atoms with Crippen molar-refractivity contribution in [2.24, 2.45) is 0 Å². The first-order valence-electron chi connectivity index (χ1n) is 5.56. The average molecular weight is 263 g/mol. The SMILES string of the molecule is CCn1cnc(Nc2nc(Cl)nn3cccc23)c1. The standard InChI is InChI=1S/C11H11ClN6/c1-2-17-6-9(13-7-17)14-10-8-4-3-5-18(8)16-11(12)15-10/h3-7H,2H2,1H3,(H,14,15,16). The molecule has 0 saturated heterocycles. The number of hydrogen-bond acceptors (Lipinski definition) is 4. The number of aryl methyl sites for hydroxylation is 1. The highest BCUT2D eigenvalue weighted by atomic mass is 35.5. The highest BCUT2D eigenvalue weighted by Crippen LogP contribution is 2.19. The highest BCUT2D eigenvalue weighted by molar-refractivity contribution is 6.28. The molecule has 0 fully saturated rings. The van der Waals surface area contributed by atoms with Gasteiger partial charge in [0, 0.05) is 18.9 Å². The Kier molecular flexibility index (Phi) is 2.64. The largest absolute Gasteiger partial charge is 0.336 e. The van der Waals surface area contributed by atoms with Crippen LogP contribution >= 0.6 is 11.6 Å². The van der Waals surface area contributed by atoms with Crippen molar-refractivity contribution < 1.29 is 0 Å². The third kappa shape index (κ3) is 1.91. The average Bonchev–Trinajstić information content (AvgIpc) is 2.97. The van der Waals surface area contributed by atoms with E-state index in [0.29, 0.717) is 5.82 Å². The van der Waals surface area contributed by atoms with E-state index in [9.17, 15) is 0 Å². The zero-order valence-electron chi connectivity index (χ0n) is 9.71. The summed E-state index contributed by atoms with van der Waals surface area (Å²) in [4.78, 5) is 8.42. The molecule has 7 heteroatoms. The van der Waals surface area contributed by atoms with Crippen LogP contribution in [0, 0.1) is 0 Å². The van der Waals surface area contributed by atoms with Crippen molar-refractivity contribution in [1.29, 1.82) is 0 Å². The van der Waals surface area contributed by atoms with E-state index in [1.54, 1.807) is 10.8 Å². The molecule has 18 heavy (non-hydrogen) atoms.